The van der Waals surface area contributed by atoms with Gasteiger partial charge in [-0.25, -0.2) is 4.98 Å². The maximum atomic E-state index is 11.9. The van der Waals surface area contributed by atoms with Crippen molar-refractivity contribution in [3.8, 4) is 0 Å². The third kappa shape index (κ3) is 2.60. The SMILES string of the molecule is Cn1cc(CNCc2nc3ccccc3c(=O)[nH]2)cn1. The van der Waals surface area contributed by atoms with Gasteiger partial charge in [-0.1, -0.05) is 12.1 Å². The number of nitrogens with zero attached hydrogens (tertiary/aromatic N) is 3. The Morgan fingerprint density at radius 1 is 1.30 bits per heavy atom. The number of aromatic amines is 1. The second kappa shape index (κ2) is 5.26. The lowest BCUT2D eigenvalue weighted by Crippen LogP contribution is -2.19. The van der Waals surface area contributed by atoms with Crippen LogP contribution in [-0.2, 0) is 20.1 Å². The summed E-state index contributed by atoms with van der Waals surface area (Å²) >= 11 is 0. The normalized spacial score (nSPS) is 11.1. The highest BCUT2D eigenvalue weighted by Gasteiger charge is 2.03. The van der Waals surface area contributed by atoms with Crippen LogP contribution in [0.1, 0.15) is 11.4 Å². The molecule has 20 heavy (non-hydrogen) atoms. The first-order valence-corrected chi connectivity index (χ1v) is 6.38. The highest BCUT2D eigenvalue weighted by Crippen LogP contribution is 2.05. The van der Waals surface area contributed by atoms with Crippen molar-refractivity contribution in [2.75, 3.05) is 0 Å². The minimum absolute atomic E-state index is 0.103. The van der Waals surface area contributed by atoms with Crippen molar-refractivity contribution in [1.82, 2.24) is 25.1 Å². The number of nitrogens with one attached hydrogen (secondary N) is 2. The number of aromatic nitrogens is 4. The highest BCUT2D eigenvalue weighted by molar-refractivity contribution is 5.77. The first-order chi connectivity index (χ1) is 9.72. The summed E-state index contributed by atoms with van der Waals surface area (Å²) in [5.74, 6) is 0.637. The quantitative estimate of drug-likeness (QED) is 0.739. The van der Waals surface area contributed by atoms with Crippen LogP contribution in [0.4, 0.5) is 0 Å². The van der Waals surface area contributed by atoms with Crippen LogP contribution in [0.25, 0.3) is 10.9 Å². The molecule has 0 aliphatic rings. The smallest absolute Gasteiger partial charge is 0.258 e. The molecule has 2 aromatic heterocycles. The fourth-order valence-corrected chi connectivity index (χ4v) is 2.11. The zero-order valence-electron chi connectivity index (χ0n) is 11.1. The monoisotopic (exact) mass is 269 g/mol. The van der Waals surface area contributed by atoms with Crippen LogP contribution in [0.5, 0.6) is 0 Å². The number of benzene rings is 1. The van der Waals surface area contributed by atoms with Crippen LogP contribution in [0.15, 0.2) is 41.5 Å². The van der Waals surface area contributed by atoms with E-state index in [9.17, 15) is 4.79 Å². The van der Waals surface area contributed by atoms with Crippen molar-refractivity contribution in [1.29, 1.82) is 0 Å². The molecule has 0 unspecified atom stereocenters. The Labute approximate surface area is 115 Å². The maximum Gasteiger partial charge on any atom is 0.258 e. The van der Waals surface area contributed by atoms with Crippen molar-refractivity contribution >= 4 is 10.9 Å². The van der Waals surface area contributed by atoms with Gasteiger partial charge in [-0.3, -0.25) is 9.48 Å². The molecular weight excluding hydrogens is 254 g/mol. The minimum atomic E-state index is -0.103. The van der Waals surface area contributed by atoms with Gasteiger partial charge in [0.05, 0.1) is 23.6 Å². The van der Waals surface area contributed by atoms with Crippen molar-refractivity contribution in [2.45, 2.75) is 13.1 Å². The Bertz CT molecular complexity index is 789. The van der Waals surface area contributed by atoms with E-state index in [2.05, 4.69) is 20.4 Å². The number of fused-ring (bicyclic) bond motifs is 1. The van der Waals surface area contributed by atoms with Gasteiger partial charge in [0.25, 0.3) is 5.56 Å². The molecule has 6 nitrogen and oxygen atoms in total. The van der Waals surface area contributed by atoms with Crippen LogP contribution in [0, 0.1) is 0 Å². The van der Waals surface area contributed by atoms with E-state index in [4.69, 9.17) is 0 Å². The van der Waals surface area contributed by atoms with Gasteiger partial charge < -0.3 is 10.3 Å². The van der Waals surface area contributed by atoms with Gasteiger partial charge >= 0.3 is 0 Å². The minimum Gasteiger partial charge on any atom is -0.309 e. The molecule has 6 heteroatoms. The average molecular weight is 269 g/mol. The molecule has 0 aliphatic carbocycles. The highest BCUT2D eigenvalue weighted by atomic mass is 16.1. The molecule has 0 fully saturated rings. The number of rotatable bonds is 4. The van der Waals surface area contributed by atoms with E-state index < -0.39 is 0 Å². The molecule has 0 saturated carbocycles. The van der Waals surface area contributed by atoms with Crippen molar-refractivity contribution < 1.29 is 0 Å². The third-order valence-corrected chi connectivity index (χ3v) is 3.04. The summed E-state index contributed by atoms with van der Waals surface area (Å²) in [7, 11) is 1.88. The summed E-state index contributed by atoms with van der Waals surface area (Å²) in [5.41, 5.74) is 1.71. The molecule has 0 saturated heterocycles. The average Bonchev–Trinajstić information content (AvgIpc) is 2.85. The molecule has 0 spiro atoms. The van der Waals surface area contributed by atoms with Gasteiger partial charge in [0.1, 0.15) is 5.82 Å². The van der Waals surface area contributed by atoms with Crippen LogP contribution in [-0.4, -0.2) is 19.7 Å². The lowest BCUT2D eigenvalue weighted by molar-refractivity contribution is 0.662. The van der Waals surface area contributed by atoms with Crippen LogP contribution < -0.4 is 10.9 Å². The number of aryl methyl sites for hydroxylation is 1. The van der Waals surface area contributed by atoms with Gasteiger partial charge in [0.2, 0.25) is 0 Å². The molecular formula is C14H15N5O. The van der Waals surface area contributed by atoms with Crippen LogP contribution >= 0.6 is 0 Å². The summed E-state index contributed by atoms with van der Waals surface area (Å²) in [6, 6.07) is 7.32. The molecule has 2 N–H and O–H groups in total. The molecule has 0 amide bonds. The van der Waals surface area contributed by atoms with Gasteiger partial charge in [-0.15, -0.1) is 0 Å². The molecule has 0 atom stereocenters. The number of hydrogen-bond acceptors (Lipinski definition) is 4. The van der Waals surface area contributed by atoms with E-state index in [1.165, 1.54) is 0 Å². The maximum absolute atomic E-state index is 11.9. The molecule has 1 aromatic carbocycles. The van der Waals surface area contributed by atoms with Gasteiger partial charge in [-0.05, 0) is 12.1 Å². The van der Waals surface area contributed by atoms with E-state index in [0.29, 0.717) is 24.3 Å². The summed E-state index contributed by atoms with van der Waals surface area (Å²) < 4.78 is 1.76. The Hall–Kier alpha value is -2.47. The Morgan fingerprint density at radius 3 is 2.95 bits per heavy atom. The predicted octanol–water partition coefficient (Wildman–Crippen LogP) is 0.946. The predicted molar refractivity (Wildman–Crippen MR) is 76.1 cm³/mol. The van der Waals surface area contributed by atoms with Crippen LogP contribution in [0.3, 0.4) is 0 Å². The van der Waals surface area contributed by atoms with Gasteiger partial charge in [0, 0.05) is 25.4 Å². The summed E-state index contributed by atoms with van der Waals surface area (Å²) in [6.07, 6.45) is 3.76. The van der Waals surface area contributed by atoms with Gasteiger partial charge in [-0.2, -0.15) is 5.10 Å². The zero-order valence-corrected chi connectivity index (χ0v) is 11.1. The number of para-hydroxylation sites is 1. The molecule has 102 valence electrons. The fourth-order valence-electron chi connectivity index (χ4n) is 2.11. The Kier molecular flexibility index (Phi) is 3.30. The third-order valence-electron chi connectivity index (χ3n) is 3.04. The van der Waals surface area contributed by atoms with E-state index >= 15 is 0 Å². The lowest BCUT2D eigenvalue weighted by Gasteiger charge is -2.04. The lowest BCUT2D eigenvalue weighted by atomic mass is 10.2. The van der Waals surface area contributed by atoms with E-state index in [0.717, 1.165) is 11.1 Å². The van der Waals surface area contributed by atoms with E-state index in [1.54, 1.807) is 10.7 Å². The summed E-state index contributed by atoms with van der Waals surface area (Å²) in [6.45, 7) is 1.19. The second-order valence-electron chi connectivity index (χ2n) is 4.66. The molecule has 0 radical (unpaired) electrons. The zero-order chi connectivity index (χ0) is 13.9. The molecule has 3 aromatic rings. The van der Waals surface area contributed by atoms with Gasteiger partial charge in [0.15, 0.2) is 0 Å². The fraction of sp³-hybridized carbons (Fsp3) is 0.214. The first kappa shape index (κ1) is 12.6. The van der Waals surface area contributed by atoms with E-state index in [1.807, 2.05) is 37.6 Å². The second-order valence-corrected chi connectivity index (χ2v) is 4.66. The number of hydrogen-bond donors (Lipinski definition) is 2. The largest absolute Gasteiger partial charge is 0.309 e. The summed E-state index contributed by atoms with van der Waals surface area (Å²) in [5, 5.41) is 7.95. The molecule has 0 aliphatic heterocycles. The van der Waals surface area contributed by atoms with Crippen molar-refractivity contribution in [3.05, 3.63) is 58.4 Å². The van der Waals surface area contributed by atoms with Crippen molar-refractivity contribution in [2.24, 2.45) is 7.05 Å². The molecule has 0 bridgehead atoms. The Balaban J connectivity index is 1.73. The topological polar surface area (TPSA) is 75.6 Å². The van der Waals surface area contributed by atoms with Crippen molar-refractivity contribution in [3.63, 3.8) is 0 Å². The first-order valence-electron chi connectivity index (χ1n) is 6.38. The summed E-state index contributed by atoms with van der Waals surface area (Å²) in [4.78, 5) is 19.1. The molecule has 2 heterocycles. The van der Waals surface area contributed by atoms with E-state index in [-0.39, 0.29) is 5.56 Å². The number of H-pyrrole nitrogens is 1. The van der Waals surface area contributed by atoms with Crippen LogP contribution in [0.2, 0.25) is 0 Å². The Morgan fingerprint density at radius 2 is 2.15 bits per heavy atom. The standard InChI is InChI=1S/C14H15N5O/c1-19-9-10(7-16-19)6-15-8-13-17-12-5-3-2-4-11(12)14(20)18-13/h2-5,7,9,15H,6,8H2,1H3,(H,17,18,20). The molecule has 3 rings (SSSR count).